The average Bonchev–Trinajstić information content (AvgIpc) is 4.08. The molecule has 2 aromatic heterocycles. The number of hydrogen-bond acceptors (Lipinski definition) is 14. The number of piperazine rings is 2. The fraction of sp³-hybridized carbons (Fsp3) is 0.280. The third kappa shape index (κ3) is 9.91. The summed E-state index contributed by atoms with van der Waals surface area (Å²) in [6, 6.07) is 28.3. The highest BCUT2D eigenvalue weighted by Gasteiger charge is 2.34. The summed E-state index contributed by atoms with van der Waals surface area (Å²) in [6.45, 7) is 9.71. The molecule has 2 amide bonds. The smallest absolute Gasteiger partial charge is 0.444 e. The Morgan fingerprint density at radius 2 is 0.909 bits per heavy atom. The minimum absolute atomic E-state index is 0.164. The van der Waals surface area contributed by atoms with E-state index in [0.29, 0.717) is 49.1 Å². The van der Waals surface area contributed by atoms with Crippen molar-refractivity contribution in [2.45, 2.75) is 13.8 Å². The van der Waals surface area contributed by atoms with Gasteiger partial charge in [-0.25, -0.2) is 9.59 Å². The van der Waals surface area contributed by atoms with Gasteiger partial charge in [-0.05, 0) is 134 Å². The second kappa shape index (κ2) is 20.2. The molecule has 2 aliphatic rings. The maximum Gasteiger partial charge on any atom is 0.444 e. The van der Waals surface area contributed by atoms with Gasteiger partial charge in [-0.15, -0.1) is 32.8 Å². The molecule has 342 valence electrons. The molecule has 0 saturated carbocycles. The minimum Gasteiger partial charge on any atom is -0.495 e. The second-order valence-electron chi connectivity index (χ2n) is 16.3. The van der Waals surface area contributed by atoms with Gasteiger partial charge in [0.2, 0.25) is 0 Å². The fourth-order valence-corrected chi connectivity index (χ4v) is 9.74. The highest BCUT2D eigenvalue weighted by molar-refractivity contribution is 7.13. The molecule has 66 heavy (non-hydrogen) atoms. The lowest BCUT2D eigenvalue weighted by Crippen LogP contribution is -2.45. The first-order valence-corrected chi connectivity index (χ1v) is 23.3. The van der Waals surface area contributed by atoms with Crippen molar-refractivity contribution >= 4 is 69.2 Å². The van der Waals surface area contributed by atoms with E-state index in [0.717, 1.165) is 68.3 Å². The normalized spacial score (nSPS) is 14.4. The third-order valence-corrected chi connectivity index (χ3v) is 13.7. The van der Waals surface area contributed by atoms with Crippen molar-refractivity contribution in [3.63, 3.8) is 0 Å². The lowest BCUT2D eigenvalue weighted by molar-refractivity contribution is -0.168. The quantitative estimate of drug-likeness (QED) is 0.0972. The number of nitrogens with zero attached hydrogens (tertiary/aromatic N) is 6. The van der Waals surface area contributed by atoms with Gasteiger partial charge in [-0.1, -0.05) is 24.3 Å². The van der Waals surface area contributed by atoms with E-state index in [9.17, 15) is 19.2 Å². The fourth-order valence-electron chi connectivity index (χ4n) is 8.11. The first-order valence-electron chi connectivity index (χ1n) is 21.6. The first kappa shape index (κ1) is 45.8. The van der Waals surface area contributed by atoms with Crippen LogP contribution in [0.5, 0.6) is 11.5 Å². The van der Waals surface area contributed by atoms with Crippen LogP contribution in [0.3, 0.4) is 0 Å². The summed E-state index contributed by atoms with van der Waals surface area (Å²) in [4.78, 5) is 80.0. The summed E-state index contributed by atoms with van der Waals surface area (Å²) in [5.74, 6) is -3.40. The van der Waals surface area contributed by atoms with Gasteiger partial charge in [0.1, 0.15) is 11.5 Å². The van der Waals surface area contributed by atoms with Gasteiger partial charge < -0.3 is 38.7 Å². The lowest BCUT2D eigenvalue weighted by atomic mass is 10.0. The van der Waals surface area contributed by atoms with Crippen molar-refractivity contribution < 1.29 is 38.3 Å². The summed E-state index contributed by atoms with van der Waals surface area (Å²) in [6.07, 6.45) is 0. The molecule has 2 fully saturated rings. The third-order valence-electron chi connectivity index (χ3n) is 11.9. The SMILES string of the molecule is COc1ccc(N(OC(=O)C(=O)ON(C(=O)c2ccc(-c3cccs3)c(C)c2)c2ccc(OC)c(N3CCN(C)CC3)c2)C(=O)c2ccc(-c3cccs3)c(C)c2)cc1N1CCN(C)CC1. The zero-order valence-electron chi connectivity index (χ0n) is 37.8. The predicted octanol–water partition coefficient (Wildman–Crippen LogP) is 8.19. The zero-order valence-corrected chi connectivity index (χ0v) is 39.4. The van der Waals surface area contributed by atoms with E-state index in [4.69, 9.17) is 19.1 Å². The standard InChI is InChI=1S/C50H52N6O8S2/c1-33-29-35(11-15-39(33)45-9-7-27-65-45)47(57)55(37-13-17-43(61-5)41(31-37)53-23-19-51(3)20-24-53)63-49(59)50(60)64-56(48(58)36-12-16-40(34(2)30-36)46-10-8-28-66-46)38-14-18-44(62-6)42(32-38)54-25-21-52(4)22-26-54/h7-18,27-32H,19-26H2,1-6H3. The topological polar surface area (TPSA) is 125 Å². The number of aryl methyl sites for hydroxylation is 2. The summed E-state index contributed by atoms with van der Waals surface area (Å²) < 4.78 is 11.5. The molecule has 2 aliphatic heterocycles. The van der Waals surface area contributed by atoms with Gasteiger partial charge >= 0.3 is 11.9 Å². The molecule has 0 bridgehead atoms. The molecule has 0 spiro atoms. The Kier molecular flexibility index (Phi) is 14.0. The number of hydrogen-bond donors (Lipinski definition) is 0. The number of likely N-dealkylation sites (N-methyl/N-ethyl adjacent to an activating group) is 2. The van der Waals surface area contributed by atoms with Crippen LogP contribution in [-0.4, -0.2) is 114 Å². The van der Waals surface area contributed by atoms with Crippen LogP contribution in [0.25, 0.3) is 20.9 Å². The van der Waals surface area contributed by atoms with Gasteiger partial charge in [-0.2, -0.15) is 0 Å². The van der Waals surface area contributed by atoms with Crippen molar-refractivity contribution in [3.05, 3.63) is 130 Å². The molecule has 0 aliphatic carbocycles. The molecule has 16 heteroatoms. The van der Waals surface area contributed by atoms with Crippen molar-refractivity contribution in [2.75, 3.05) is 101 Å². The van der Waals surface area contributed by atoms with E-state index in [1.54, 1.807) is 97.6 Å². The Balaban J connectivity index is 1.14. The Bertz CT molecular complexity index is 2530. The molecule has 0 unspecified atom stereocenters. The number of methoxy groups -OCH3 is 2. The van der Waals surface area contributed by atoms with Crippen LogP contribution in [0.15, 0.2) is 108 Å². The van der Waals surface area contributed by atoms with Gasteiger partial charge in [0.05, 0.1) is 37.0 Å². The van der Waals surface area contributed by atoms with Gasteiger partial charge in [0, 0.05) is 73.2 Å². The number of carbonyl (C=O) groups is 4. The number of anilines is 4. The van der Waals surface area contributed by atoms with E-state index in [-0.39, 0.29) is 22.5 Å². The van der Waals surface area contributed by atoms with E-state index < -0.39 is 23.8 Å². The zero-order chi connectivity index (χ0) is 46.5. The molecule has 8 rings (SSSR count). The molecule has 14 nitrogen and oxygen atoms in total. The number of rotatable bonds is 10. The van der Waals surface area contributed by atoms with Crippen molar-refractivity contribution in [3.8, 4) is 32.4 Å². The van der Waals surface area contributed by atoms with Gasteiger partial charge in [-0.3, -0.25) is 9.59 Å². The second-order valence-corrected chi connectivity index (χ2v) is 18.2. The monoisotopic (exact) mass is 928 g/mol. The Morgan fingerprint density at radius 3 is 1.24 bits per heavy atom. The Hall–Kier alpha value is -6.72. The number of ether oxygens (including phenoxy) is 2. The summed E-state index contributed by atoms with van der Waals surface area (Å²) in [7, 11) is 7.23. The predicted molar refractivity (Wildman–Crippen MR) is 260 cm³/mol. The highest BCUT2D eigenvalue weighted by Crippen LogP contribution is 2.37. The van der Waals surface area contributed by atoms with Crippen molar-refractivity contribution in [2.24, 2.45) is 0 Å². The number of amides is 2. The maximum atomic E-state index is 14.7. The van der Waals surface area contributed by atoms with Crippen LogP contribution < -0.4 is 29.4 Å². The van der Waals surface area contributed by atoms with Crippen LogP contribution in [0.1, 0.15) is 31.8 Å². The van der Waals surface area contributed by atoms with Crippen LogP contribution >= 0.6 is 22.7 Å². The molecule has 0 N–H and O–H groups in total. The lowest BCUT2D eigenvalue weighted by Gasteiger charge is -2.35. The number of thiophene rings is 2. The van der Waals surface area contributed by atoms with Crippen LogP contribution in [0, 0.1) is 13.8 Å². The molecule has 0 radical (unpaired) electrons. The maximum absolute atomic E-state index is 14.7. The van der Waals surface area contributed by atoms with E-state index in [2.05, 4.69) is 33.7 Å². The molecule has 4 heterocycles. The van der Waals surface area contributed by atoms with Crippen LogP contribution in [-0.2, 0) is 19.3 Å². The highest BCUT2D eigenvalue weighted by atomic mass is 32.1. The van der Waals surface area contributed by atoms with Crippen molar-refractivity contribution in [1.82, 2.24) is 9.80 Å². The van der Waals surface area contributed by atoms with E-state index in [1.165, 1.54) is 0 Å². The van der Waals surface area contributed by atoms with E-state index in [1.807, 2.05) is 61.0 Å². The average molecular weight is 929 g/mol. The van der Waals surface area contributed by atoms with Gasteiger partial charge in [0.25, 0.3) is 11.8 Å². The van der Waals surface area contributed by atoms with Crippen LogP contribution in [0.4, 0.5) is 22.7 Å². The molecular weight excluding hydrogens is 877 g/mol. The molecular formula is C50H52N6O8S2. The Labute approximate surface area is 392 Å². The largest absolute Gasteiger partial charge is 0.495 e. The Morgan fingerprint density at radius 1 is 0.515 bits per heavy atom. The molecule has 2 saturated heterocycles. The minimum atomic E-state index is -1.54. The number of carbonyl (C=O) groups excluding carboxylic acids is 4. The first-order chi connectivity index (χ1) is 31.9. The summed E-state index contributed by atoms with van der Waals surface area (Å²) in [5, 5.41) is 5.54. The van der Waals surface area contributed by atoms with Crippen molar-refractivity contribution in [1.29, 1.82) is 0 Å². The summed E-state index contributed by atoms with van der Waals surface area (Å²) >= 11 is 3.16. The number of hydroxylamine groups is 2. The molecule has 4 aromatic carbocycles. The molecule has 6 aromatic rings. The summed E-state index contributed by atoms with van der Waals surface area (Å²) in [5.41, 5.74) is 5.65. The van der Waals surface area contributed by atoms with Crippen LogP contribution in [0.2, 0.25) is 0 Å². The molecule has 0 atom stereocenters. The number of benzene rings is 4. The van der Waals surface area contributed by atoms with Gasteiger partial charge in [0.15, 0.2) is 0 Å². The van der Waals surface area contributed by atoms with E-state index >= 15 is 0 Å².